The van der Waals surface area contributed by atoms with Gasteiger partial charge in [-0.05, 0) is 38.7 Å². The van der Waals surface area contributed by atoms with Gasteiger partial charge in [0.25, 0.3) is 0 Å². The normalized spacial score (nSPS) is 18.6. The highest BCUT2D eigenvalue weighted by atomic mass is 32.2. The van der Waals surface area contributed by atoms with Gasteiger partial charge in [-0.15, -0.1) is 0 Å². The number of amides is 1. The summed E-state index contributed by atoms with van der Waals surface area (Å²) in [7, 11) is 1.38. The summed E-state index contributed by atoms with van der Waals surface area (Å²) in [5, 5.41) is 5.63. The molecule has 0 aromatic heterocycles. The number of nitrogens with zero attached hydrogens (tertiary/aromatic N) is 2. The summed E-state index contributed by atoms with van der Waals surface area (Å²) in [4.78, 5) is 31.6. The lowest BCUT2D eigenvalue weighted by molar-refractivity contribution is -0.136. The number of hydrogen-bond acceptors (Lipinski definition) is 6. The van der Waals surface area contributed by atoms with Crippen LogP contribution in [0, 0.1) is 6.92 Å². The van der Waals surface area contributed by atoms with E-state index in [4.69, 9.17) is 4.74 Å². The molecule has 0 saturated heterocycles. The molecule has 1 aromatic rings. The fourth-order valence-corrected chi connectivity index (χ4v) is 4.40. The zero-order valence-electron chi connectivity index (χ0n) is 16.8. The first kappa shape index (κ1) is 20.2. The molecule has 6 nitrogen and oxygen atoms in total. The van der Waals surface area contributed by atoms with Crippen LogP contribution in [0.1, 0.15) is 44.4 Å². The highest BCUT2D eigenvalue weighted by Crippen LogP contribution is 2.44. The molecule has 3 rings (SSSR count). The van der Waals surface area contributed by atoms with Crippen molar-refractivity contribution in [3.8, 4) is 0 Å². The molecule has 0 aliphatic carbocycles. The smallest absolute Gasteiger partial charge is 0.338 e. The van der Waals surface area contributed by atoms with E-state index in [0.29, 0.717) is 11.3 Å². The number of thioether (sulfide) groups is 1. The van der Waals surface area contributed by atoms with Crippen LogP contribution in [0.2, 0.25) is 0 Å². The van der Waals surface area contributed by atoms with Gasteiger partial charge in [0.1, 0.15) is 0 Å². The molecule has 0 bridgehead atoms. The van der Waals surface area contributed by atoms with Crippen LogP contribution in [0.15, 0.2) is 51.6 Å². The van der Waals surface area contributed by atoms with Crippen LogP contribution in [-0.4, -0.2) is 35.1 Å². The molecule has 0 fully saturated rings. The van der Waals surface area contributed by atoms with Crippen molar-refractivity contribution in [1.29, 1.82) is 0 Å². The Morgan fingerprint density at radius 2 is 2.07 bits per heavy atom. The third-order valence-corrected chi connectivity index (χ3v) is 5.44. The molecule has 2 aliphatic rings. The van der Waals surface area contributed by atoms with Crippen LogP contribution in [0.25, 0.3) is 0 Å². The summed E-state index contributed by atoms with van der Waals surface area (Å²) in [5.74, 6) is -0.466. The summed E-state index contributed by atoms with van der Waals surface area (Å²) in [6.07, 6.45) is 0.222. The molecule has 1 aromatic carbocycles. The Balaban J connectivity index is 2.04. The van der Waals surface area contributed by atoms with Crippen LogP contribution < -0.4 is 5.32 Å². The van der Waals surface area contributed by atoms with E-state index in [1.807, 2.05) is 56.2 Å². The number of aryl methyl sites for hydroxylation is 1. The van der Waals surface area contributed by atoms with Gasteiger partial charge in [-0.25, -0.2) is 9.79 Å². The zero-order valence-corrected chi connectivity index (χ0v) is 17.6. The number of nitrogens with one attached hydrogen (secondary N) is 1. The molecule has 28 heavy (non-hydrogen) atoms. The number of aliphatic imine (C=N–C) groups is 1. The van der Waals surface area contributed by atoms with E-state index in [-0.39, 0.29) is 24.4 Å². The summed E-state index contributed by atoms with van der Waals surface area (Å²) in [5.41, 5.74) is 4.01. The lowest BCUT2D eigenvalue weighted by Crippen LogP contribution is -2.38. The van der Waals surface area contributed by atoms with Gasteiger partial charge in [-0.1, -0.05) is 41.6 Å². The number of rotatable bonds is 5. The maximum atomic E-state index is 12.6. The topological polar surface area (TPSA) is 71.0 Å². The number of carbonyl (C=O) groups is 2. The summed E-state index contributed by atoms with van der Waals surface area (Å²) in [6, 6.07) is 7.72. The molecule has 148 valence electrons. The number of ether oxygens (including phenoxy) is 1. The Morgan fingerprint density at radius 1 is 1.32 bits per heavy atom. The van der Waals surface area contributed by atoms with Crippen molar-refractivity contribution in [2.24, 2.45) is 4.99 Å². The molecular weight excluding hydrogens is 374 g/mol. The van der Waals surface area contributed by atoms with E-state index in [1.165, 1.54) is 18.9 Å². The maximum Gasteiger partial charge on any atom is 0.338 e. The number of allylic oxidation sites excluding steroid dienone is 1. The standard InChI is InChI=1S/C21H25N3O3S/c1-12(2)22-17(25)10-16-11-28-21-23-14(4)18(20(26)27-5)19(24(16)21)15-8-6-7-13(3)9-15/h6-9,11-12,19H,10H2,1-5H3,(H,22,25). The lowest BCUT2D eigenvalue weighted by atomic mass is 9.93. The highest BCUT2D eigenvalue weighted by Gasteiger charge is 2.40. The monoisotopic (exact) mass is 399 g/mol. The van der Waals surface area contributed by atoms with Crippen molar-refractivity contribution in [3.63, 3.8) is 0 Å². The number of methoxy groups -OCH3 is 1. The zero-order chi connectivity index (χ0) is 20.4. The molecule has 7 heteroatoms. The summed E-state index contributed by atoms with van der Waals surface area (Å²) in [6.45, 7) is 7.70. The van der Waals surface area contributed by atoms with Crippen LogP contribution in [0.3, 0.4) is 0 Å². The van der Waals surface area contributed by atoms with E-state index >= 15 is 0 Å². The number of esters is 1. The number of hydrogen-bond donors (Lipinski definition) is 1. The van der Waals surface area contributed by atoms with Gasteiger partial charge in [-0.2, -0.15) is 0 Å². The first-order chi connectivity index (χ1) is 13.3. The van der Waals surface area contributed by atoms with Crippen molar-refractivity contribution in [2.45, 2.75) is 46.2 Å². The SMILES string of the molecule is COC(=O)C1=C(C)N=C2SC=C(CC(=O)NC(C)C)N2C1c1cccc(C)c1. The Morgan fingerprint density at radius 3 is 2.71 bits per heavy atom. The fraction of sp³-hybridized carbons (Fsp3) is 0.381. The molecular formula is C21H25N3O3S. The average Bonchev–Trinajstić information content (AvgIpc) is 3.01. The third kappa shape index (κ3) is 3.99. The Labute approximate surface area is 169 Å². The first-order valence-electron chi connectivity index (χ1n) is 9.20. The van der Waals surface area contributed by atoms with Gasteiger partial charge in [0.05, 0.1) is 30.8 Å². The van der Waals surface area contributed by atoms with Crippen LogP contribution in [0.5, 0.6) is 0 Å². The first-order valence-corrected chi connectivity index (χ1v) is 10.1. The second-order valence-corrected chi connectivity index (χ2v) is 8.03. The molecule has 1 unspecified atom stereocenters. The predicted octanol–water partition coefficient (Wildman–Crippen LogP) is 3.66. The number of fused-ring (bicyclic) bond motifs is 1. The third-order valence-electron chi connectivity index (χ3n) is 4.56. The van der Waals surface area contributed by atoms with Crippen molar-refractivity contribution >= 4 is 28.8 Å². The van der Waals surface area contributed by atoms with Gasteiger partial charge in [0.2, 0.25) is 5.91 Å². The van der Waals surface area contributed by atoms with Gasteiger partial charge in [0.15, 0.2) is 5.17 Å². The lowest BCUT2D eigenvalue weighted by Gasteiger charge is -2.36. The highest BCUT2D eigenvalue weighted by molar-refractivity contribution is 8.16. The molecule has 0 spiro atoms. The van der Waals surface area contributed by atoms with Crippen LogP contribution >= 0.6 is 11.8 Å². The summed E-state index contributed by atoms with van der Waals surface area (Å²) < 4.78 is 5.06. The minimum atomic E-state index is -0.408. The van der Waals surface area contributed by atoms with Gasteiger partial charge in [0, 0.05) is 11.7 Å². The second kappa shape index (κ2) is 8.22. The minimum Gasteiger partial charge on any atom is -0.466 e. The van der Waals surface area contributed by atoms with E-state index in [0.717, 1.165) is 22.0 Å². The van der Waals surface area contributed by atoms with Crippen molar-refractivity contribution in [3.05, 3.63) is 57.8 Å². The van der Waals surface area contributed by atoms with E-state index in [2.05, 4.69) is 16.4 Å². The average molecular weight is 400 g/mol. The quantitative estimate of drug-likeness (QED) is 0.765. The van der Waals surface area contributed by atoms with Crippen LogP contribution in [0.4, 0.5) is 0 Å². The van der Waals surface area contributed by atoms with Crippen molar-refractivity contribution in [1.82, 2.24) is 10.2 Å². The fourth-order valence-electron chi connectivity index (χ4n) is 3.43. The van der Waals surface area contributed by atoms with E-state index in [1.54, 1.807) is 0 Å². The molecule has 1 amide bonds. The molecule has 2 heterocycles. The van der Waals surface area contributed by atoms with E-state index < -0.39 is 5.97 Å². The van der Waals surface area contributed by atoms with Gasteiger partial charge < -0.3 is 15.0 Å². The molecule has 1 N–H and O–H groups in total. The molecule has 2 aliphatic heterocycles. The van der Waals surface area contributed by atoms with Crippen molar-refractivity contribution < 1.29 is 14.3 Å². The Hall–Kier alpha value is -2.54. The molecule has 0 saturated carbocycles. The number of benzene rings is 1. The number of amidine groups is 1. The largest absolute Gasteiger partial charge is 0.466 e. The van der Waals surface area contributed by atoms with E-state index in [9.17, 15) is 9.59 Å². The molecule has 1 atom stereocenters. The number of carbonyl (C=O) groups excluding carboxylic acids is 2. The van der Waals surface area contributed by atoms with Gasteiger partial charge >= 0.3 is 5.97 Å². The minimum absolute atomic E-state index is 0.0583. The second-order valence-electron chi connectivity index (χ2n) is 7.20. The Kier molecular flexibility index (Phi) is 5.93. The predicted molar refractivity (Wildman–Crippen MR) is 111 cm³/mol. The Bertz CT molecular complexity index is 902. The van der Waals surface area contributed by atoms with Crippen LogP contribution in [-0.2, 0) is 14.3 Å². The summed E-state index contributed by atoms with van der Waals surface area (Å²) >= 11 is 1.47. The van der Waals surface area contributed by atoms with Crippen molar-refractivity contribution in [2.75, 3.05) is 7.11 Å². The maximum absolute atomic E-state index is 12.6. The van der Waals surface area contributed by atoms with Gasteiger partial charge in [-0.3, -0.25) is 4.79 Å². The molecule has 0 radical (unpaired) electrons.